The summed E-state index contributed by atoms with van der Waals surface area (Å²) in [5.41, 5.74) is 10.0. The molecule has 4 N–H and O–H groups in total. The lowest BCUT2D eigenvalue weighted by molar-refractivity contribution is 0.888. The summed E-state index contributed by atoms with van der Waals surface area (Å²) in [5, 5.41) is 13.0. The minimum atomic E-state index is -0.0665. The molecule has 0 unspecified atom stereocenters. The molecule has 4 aromatic rings. The molecule has 0 fully saturated rings. The Labute approximate surface area is 200 Å². The molecular weight excluding hydrogens is 461 g/mol. The van der Waals surface area contributed by atoms with Gasteiger partial charge in [-0.25, -0.2) is 9.97 Å². The zero-order chi connectivity index (χ0) is 22.8. The number of thiazole rings is 1. The summed E-state index contributed by atoms with van der Waals surface area (Å²) < 4.78 is 0. The van der Waals surface area contributed by atoms with E-state index >= 15 is 0 Å². The van der Waals surface area contributed by atoms with E-state index < -0.39 is 0 Å². The van der Waals surface area contributed by atoms with Gasteiger partial charge in [0.1, 0.15) is 11.7 Å². The summed E-state index contributed by atoms with van der Waals surface area (Å²) >= 11 is 13.9. The van der Waals surface area contributed by atoms with Crippen molar-refractivity contribution in [2.24, 2.45) is 5.73 Å². The minimum Gasteiger partial charge on any atom is -0.384 e. The van der Waals surface area contributed by atoms with Gasteiger partial charge < -0.3 is 11.1 Å². The van der Waals surface area contributed by atoms with Gasteiger partial charge in [-0.05, 0) is 29.7 Å². The average molecular weight is 482 g/mol. The van der Waals surface area contributed by atoms with Crippen LogP contribution in [0.4, 0.5) is 10.9 Å². The Kier molecular flexibility index (Phi) is 6.46. The average Bonchev–Trinajstić information content (AvgIpc) is 3.20. The number of benzene rings is 2. The molecule has 0 atom stereocenters. The van der Waals surface area contributed by atoms with Gasteiger partial charge in [-0.1, -0.05) is 73.4 Å². The maximum absolute atomic E-state index is 8.05. The van der Waals surface area contributed by atoms with Crippen LogP contribution in [0.1, 0.15) is 30.2 Å². The highest BCUT2D eigenvalue weighted by molar-refractivity contribution is 7.16. The van der Waals surface area contributed by atoms with Crippen LogP contribution >= 0.6 is 34.5 Å². The summed E-state index contributed by atoms with van der Waals surface area (Å²) in [7, 11) is 0. The Bertz CT molecular complexity index is 1290. The summed E-state index contributed by atoms with van der Waals surface area (Å²) in [6, 6.07) is 17.2. The standard InChI is InChI=1S/C24H21Cl2N5S/c1-13(2)21-20(15-8-9-18(25)19(26)11-15)30-24(32-21)31-23-17(22(27)28)10-16(12-29-23)14-6-4-3-5-7-14/h3-13H,1-2H3,(H3,27,28)(H,29,30,31). The molecule has 0 saturated carbocycles. The molecule has 2 heterocycles. The maximum Gasteiger partial charge on any atom is 0.189 e. The molecule has 0 radical (unpaired) electrons. The smallest absolute Gasteiger partial charge is 0.189 e. The normalized spacial score (nSPS) is 11.0. The Balaban J connectivity index is 1.72. The summed E-state index contributed by atoms with van der Waals surface area (Å²) in [6.07, 6.45) is 1.76. The van der Waals surface area contributed by atoms with Crippen LogP contribution < -0.4 is 11.1 Å². The van der Waals surface area contributed by atoms with Gasteiger partial charge in [-0.2, -0.15) is 0 Å². The lowest BCUT2D eigenvalue weighted by Crippen LogP contribution is -2.14. The predicted molar refractivity (Wildman–Crippen MR) is 136 cm³/mol. The first kappa shape index (κ1) is 22.3. The molecule has 5 nitrogen and oxygen atoms in total. The number of amidine groups is 1. The first-order valence-corrected chi connectivity index (χ1v) is 11.5. The van der Waals surface area contributed by atoms with E-state index in [2.05, 4.69) is 24.1 Å². The number of hydrogen-bond acceptors (Lipinski definition) is 5. The Hall–Kier alpha value is -2.93. The molecule has 32 heavy (non-hydrogen) atoms. The van der Waals surface area contributed by atoms with Crippen LogP contribution in [0.3, 0.4) is 0 Å². The van der Waals surface area contributed by atoms with E-state index in [4.69, 9.17) is 39.3 Å². The predicted octanol–water partition coefficient (Wildman–Crippen LogP) is 7.33. The number of nitrogen functional groups attached to an aromatic ring is 1. The van der Waals surface area contributed by atoms with E-state index in [-0.39, 0.29) is 11.8 Å². The number of nitrogens with zero attached hydrogens (tertiary/aromatic N) is 2. The summed E-state index contributed by atoms with van der Waals surface area (Å²) in [6.45, 7) is 4.23. The van der Waals surface area contributed by atoms with Crippen molar-refractivity contribution in [1.82, 2.24) is 9.97 Å². The zero-order valence-electron chi connectivity index (χ0n) is 17.5. The van der Waals surface area contributed by atoms with E-state index in [9.17, 15) is 0 Å². The third-order valence-corrected chi connectivity index (χ3v) is 6.89. The Morgan fingerprint density at radius 2 is 1.75 bits per heavy atom. The van der Waals surface area contributed by atoms with Gasteiger partial charge in [0, 0.05) is 22.2 Å². The van der Waals surface area contributed by atoms with Gasteiger partial charge >= 0.3 is 0 Å². The van der Waals surface area contributed by atoms with Gasteiger partial charge in [0.2, 0.25) is 0 Å². The number of pyridine rings is 1. The van der Waals surface area contributed by atoms with Crippen molar-refractivity contribution in [3.63, 3.8) is 0 Å². The van der Waals surface area contributed by atoms with E-state index in [1.165, 1.54) is 11.3 Å². The molecule has 2 aromatic carbocycles. The van der Waals surface area contributed by atoms with Crippen molar-refractivity contribution in [3.05, 3.63) is 81.3 Å². The van der Waals surface area contributed by atoms with Gasteiger partial charge in [0.15, 0.2) is 5.13 Å². The van der Waals surface area contributed by atoms with Crippen LogP contribution in [0.15, 0.2) is 60.8 Å². The van der Waals surface area contributed by atoms with Crippen LogP contribution in [-0.2, 0) is 0 Å². The molecule has 0 aliphatic heterocycles. The molecule has 162 valence electrons. The fourth-order valence-electron chi connectivity index (χ4n) is 3.29. The third kappa shape index (κ3) is 4.63. The number of aromatic nitrogens is 2. The summed E-state index contributed by atoms with van der Waals surface area (Å²) in [4.78, 5) is 10.5. The number of nitrogens with one attached hydrogen (secondary N) is 2. The fourth-order valence-corrected chi connectivity index (χ4v) is 4.57. The zero-order valence-corrected chi connectivity index (χ0v) is 19.8. The maximum atomic E-state index is 8.05. The highest BCUT2D eigenvalue weighted by atomic mass is 35.5. The van der Waals surface area contributed by atoms with Crippen molar-refractivity contribution in [1.29, 1.82) is 5.41 Å². The minimum absolute atomic E-state index is 0.0665. The quantitative estimate of drug-likeness (QED) is 0.198. The molecule has 0 amide bonds. The van der Waals surface area contributed by atoms with Crippen LogP contribution in [0.2, 0.25) is 10.0 Å². The molecule has 8 heteroatoms. The molecule has 4 rings (SSSR count). The van der Waals surface area contributed by atoms with Crippen molar-refractivity contribution < 1.29 is 0 Å². The second-order valence-electron chi connectivity index (χ2n) is 7.54. The van der Waals surface area contributed by atoms with E-state index in [0.717, 1.165) is 27.3 Å². The first-order chi connectivity index (χ1) is 15.3. The van der Waals surface area contributed by atoms with Gasteiger partial charge in [0.25, 0.3) is 0 Å². The molecular formula is C24H21Cl2N5S. The highest BCUT2D eigenvalue weighted by Crippen LogP contribution is 2.39. The van der Waals surface area contributed by atoms with Crippen LogP contribution in [0.25, 0.3) is 22.4 Å². The number of rotatable bonds is 6. The van der Waals surface area contributed by atoms with Crippen molar-refractivity contribution >= 4 is 51.3 Å². The van der Waals surface area contributed by atoms with Crippen molar-refractivity contribution in [2.45, 2.75) is 19.8 Å². The van der Waals surface area contributed by atoms with E-state index in [1.807, 2.05) is 48.5 Å². The van der Waals surface area contributed by atoms with Crippen molar-refractivity contribution in [3.8, 4) is 22.4 Å². The highest BCUT2D eigenvalue weighted by Gasteiger charge is 2.19. The van der Waals surface area contributed by atoms with Crippen molar-refractivity contribution in [2.75, 3.05) is 5.32 Å². The molecule has 0 spiro atoms. The first-order valence-electron chi connectivity index (χ1n) is 9.96. The topological polar surface area (TPSA) is 87.7 Å². The molecule has 0 saturated heterocycles. The van der Waals surface area contributed by atoms with E-state index in [1.54, 1.807) is 12.3 Å². The SMILES string of the molecule is CC(C)c1sc(Nc2ncc(-c3ccccc3)cc2C(=N)N)nc1-c1ccc(Cl)c(Cl)c1. The van der Waals surface area contributed by atoms with Crippen LogP contribution in [0.5, 0.6) is 0 Å². The molecule has 2 aromatic heterocycles. The third-order valence-electron chi connectivity index (χ3n) is 4.88. The number of nitrogens with two attached hydrogens (primary N) is 1. The van der Waals surface area contributed by atoms with Gasteiger partial charge in [-0.15, -0.1) is 11.3 Å². The second kappa shape index (κ2) is 9.28. The van der Waals surface area contributed by atoms with Crippen LogP contribution in [0, 0.1) is 5.41 Å². The number of anilines is 2. The summed E-state index contributed by atoms with van der Waals surface area (Å²) in [5.74, 6) is 0.679. The number of halogens is 2. The van der Waals surface area contributed by atoms with Crippen LogP contribution in [-0.4, -0.2) is 15.8 Å². The second-order valence-corrected chi connectivity index (χ2v) is 9.39. The Morgan fingerprint density at radius 3 is 2.41 bits per heavy atom. The largest absolute Gasteiger partial charge is 0.384 e. The Morgan fingerprint density at radius 1 is 1.00 bits per heavy atom. The fraction of sp³-hybridized carbons (Fsp3) is 0.125. The molecule has 0 aliphatic rings. The lowest BCUT2D eigenvalue weighted by Gasteiger charge is -2.10. The van der Waals surface area contributed by atoms with E-state index in [0.29, 0.717) is 26.6 Å². The van der Waals surface area contributed by atoms with Gasteiger partial charge in [0.05, 0.1) is 21.3 Å². The van der Waals surface area contributed by atoms with Gasteiger partial charge in [-0.3, -0.25) is 5.41 Å². The molecule has 0 bridgehead atoms. The lowest BCUT2D eigenvalue weighted by atomic mass is 10.1. The monoisotopic (exact) mass is 481 g/mol. The molecule has 0 aliphatic carbocycles. The number of hydrogen-bond donors (Lipinski definition) is 3.